The minimum absolute atomic E-state index is 0.469. The third-order valence-corrected chi connectivity index (χ3v) is 2.44. The summed E-state index contributed by atoms with van der Waals surface area (Å²) in [5.74, 6) is 0. The molecule has 0 unspecified atom stereocenters. The normalized spacial score (nSPS) is 10.1. The van der Waals surface area contributed by atoms with Crippen LogP contribution in [0.5, 0.6) is 0 Å². The van der Waals surface area contributed by atoms with Crippen LogP contribution in [-0.4, -0.2) is 9.78 Å². The van der Waals surface area contributed by atoms with Crippen molar-refractivity contribution in [3.63, 3.8) is 0 Å². The van der Waals surface area contributed by atoms with Gasteiger partial charge in [0.05, 0.1) is 22.6 Å². The Bertz CT molecular complexity index is 575. The number of hydrogen-bond acceptors (Lipinski definition) is 3. The lowest BCUT2D eigenvalue weighted by atomic mass is 10.1. The molecule has 0 aliphatic carbocycles. The highest BCUT2D eigenvalue weighted by Gasteiger charge is 2.09. The van der Waals surface area contributed by atoms with Gasteiger partial charge in [0.2, 0.25) is 0 Å². The fourth-order valence-corrected chi connectivity index (χ4v) is 1.71. The first-order chi connectivity index (χ1) is 7.63. The van der Waals surface area contributed by atoms with Crippen LogP contribution in [0.15, 0.2) is 24.3 Å². The van der Waals surface area contributed by atoms with E-state index in [4.69, 9.17) is 11.0 Å². The first kappa shape index (κ1) is 10.2. The number of benzene rings is 1. The molecule has 0 aliphatic rings. The molecule has 80 valence electrons. The van der Waals surface area contributed by atoms with E-state index in [0.29, 0.717) is 11.3 Å². The number of rotatable bonds is 1. The van der Waals surface area contributed by atoms with Crippen molar-refractivity contribution in [3.8, 4) is 11.8 Å². The zero-order valence-corrected chi connectivity index (χ0v) is 9.23. The Morgan fingerprint density at radius 3 is 2.69 bits per heavy atom. The lowest BCUT2D eigenvalue weighted by molar-refractivity contribution is 0.835. The highest BCUT2D eigenvalue weighted by molar-refractivity contribution is 5.66. The summed E-state index contributed by atoms with van der Waals surface area (Å²) in [5.41, 5.74) is 9.55. The number of nitriles is 1. The fourth-order valence-electron chi connectivity index (χ4n) is 1.71. The number of para-hydroxylation sites is 1. The Labute approximate surface area is 93.9 Å². The molecule has 2 N–H and O–H groups in total. The van der Waals surface area contributed by atoms with E-state index >= 15 is 0 Å². The minimum Gasteiger partial charge on any atom is -0.396 e. The number of aryl methyl sites for hydroxylation is 2. The van der Waals surface area contributed by atoms with Crippen molar-refractivity contribution in [2.45, 2.75) is 13.8 Å². The maximum Gasteiger partial charge on any atom is 0.101 e. The van der Waals surface area contributed by atoms with Gasteiger partial charge in [-0.2, -0.15) is 10.4 Å². The van der Waals surface area contributed by atoms with Crippen LogP contribution in [0.2, 0.25) is 0 Å². The van der Waals surface area contributed by atoms with Crippen molar-refractivity contribution < 1.29 is 0 Å². The van der Waals surface area contributed by atoms with Gasteiger partial charge in [0.15, 0.2) is 0 Å². The quantitative estimate of drug-likeness (QED) is 0.734. The van der Waals surface area contributed by atoms with Gasteiger partial charge in [0, 0.05) is 5.69 Å². The Balaban J connectivity index is 2.66. The van der Waals surface area contributed by atoms with Crippen LogP contribution in [0.1, 0.15) is 17.0 Å². The third kappa shape index (κ3) is 1.52. The van der Waals surface area contributed by atoms with Gasteiger partial charge in [-0.25, -0.2) is 4.68 Å². The minimum atomic E-state index is 0.469. The average molecular weight is 212 g/mol. The molecule has 0 saturated carbocycles. The van der Waals surface area contributed by atoms with Crippen molar-refractivity contribution in [2.24, 2.45) is 0 Å². The smallest absolute Gasteiger partial charge is 0.101 e. The Kier molecular flexibility index (Phi) is 2.37. The number of nitrogens with two attached hydrogens (primary N) is 1. The molecule has 0 atom stereocenters. The van der Waals surface area contributed by atoms with E-state index in [0.717, 1.165) is 17.1 Å². The second-order valence-corrected chi connectivity index (χ2v) is 3.69. The van der Waals surface area contributed by atoms with Crippen LogP contribution < -0.4 is 5.73 Å². The molecule has 0 aliphatic heterocycles. The molecule has 0 bridgehead atoms. The molecule has 0 amide bonds. The van der Waals surface area contributed by atoms with Gasteiger partial charge in [0.25, 0.3) is 0 Å². The maximum absolute atomic E-state index is 8.90. The highest BCUT2D eigenvalue weighted by atomic mass is 15.3. The molecule has 16 heavy (non-hydrogen) atoms. The number of nitrogens with zero attached hydrogens (tertiary/aromatic N) is 3. The standard InChI is InChI=1S/C12H12N4/c1-8-6-9(2)16(15-8)11-5-3-4-10(7-13)12(11)14/h3-6H,14H2,1-2H3. The number of anilines is 1. The van der Waals surface area contributed by atoms with Gasteiger partial charge in [0.1, 0.15) is 6.07 Å². The topological polar surface area (TPSA) is 67.6 Å². The molecule has 0 fully saturated rings. The predicted octanol–water partition coefficient (Wildman–Crippen LogP) is 1.94. The Morgan fingerprint density at radius 2 is 2.12 bits per heavy atom. The zero-order chi connectivity index (χ0) is 11.7. The monoisotopic (exact) mass is 212 g/mol. The molecule has 0 spiro atoms. The summed E-state index contributed by atoms with van der Waals surface area (Å²) in [4.78, 5) is 0. The van der Waals surface area contributed by atoms with Gasteiger partial charge < -0.3 is 5.73 Å². The molecular weight excluding hydrogens is 200 g/mol. The van der Waals surface area contributed by atoms with Crippen LogP contribution in [-0.2, 0) is 0 Å². The molecule has 0 saturated heterocycles. The third-order valence-electron chi connectivity index (χ3n) is 2.44. The summed E-state index contributed by atoms with van der Waals surface area (Å²) in [5, 5.41) is 13.2. The van der Waals surface area contributed by atoms with Crippen molar-refractivity contribution in [3.05, 3.63) is 41.2 Å². The first-order valence-corrected chi connectivity index (χ1v) is 4.95. The second kappa shape index (κ2) is 3.70. The van der Waals surface area contributed by atoms with Gasteiger partial charge in [-0.05, 0) is 32.0 Å². The van der Waals surface area contributed by atoms with Gasteiger partial charge in [-0.15, -0.1) is 0 Å². The summed E-state index contributed by atoms with van der Waals surface area (Å²) < 4.78 is 1.76. The van der Waals surface area contributed by atoms with E-state index < -0.39 is 0 Å². The second-order valence-electron chi connectivity index (χ2n) is 3.69. The Hall–Kier alpha value is -2.28. The van der Waals surface area contributed by atoms with Crippen molar-refractivity contribution in [2.75, 3.05) is 5.73 Å². The van der Waals surface area contributed by atoms with Crippen LogP contribution in [0.3, 0.4) is 0 Å². The summed E-state index contributed by atoms with van der Waals surface area (Å²) in [6.45, 7) is 3.88. The lowest BCUT2D eigenvalue weighted by Gasteiger charge is -2.08. The van der Waals surface area contributed by atoms with Crippen LogP contribution in [0, 0.1) is 25.2 Å². The largest absolute Gasteiger partial charge is 0.396 e. The Morgan fingerprint density at radius 1 is 1.38 bits per heavy atom. The number of nitrogen functional groups attached to an aromatic ring is 1. The molecule has 1 aromatic carbocycles. The first-order valence-electron chi connectivity index (χ1n) is 4.95. The van der Waals surface area contributed by atoms with Crippen LogP contribution in [0.4, 0.5) is 5.69 Å². The fraction of sp³-hybridized carbons (Fsp3) is 0.167. The average Bonchev–Trinajstić information content (AvgIpc) is 2.58. The molecule has 4 heteroatoms. The SMILES string of the molecule is Cc1cc(C)n(-c2cccc(C#N)c2N)n1. The maximum atomic E-state index is 8.90. The highest BCUT2D eigenvalue weighted by Crippen LogP contribution is 2.22. The molecule has 4 nitrogen and oxygen atoms in total. The van der Waals surface area contributed by atoms with E-state index in [1.807, 2.05) is 26.0 Å². The van der Waals surface area contributed by atoms with E-state index in [-0.39, 0.29) is 0 Å². The van der Waals surface area contributed by atoms with Gasteiger partial charge in [-0.1, -0.05) is 6.07 Å². The van der Waals surface area contributed by atoms with E-state index in [1.165, 1.54) is 0 Å². The number of hydrogen-bond donors (Lipinski definition) is 1. The molecule has 1 aromatic heterocycles. The van der Waals surface area contributed by atoms with E-state index in [1.54, 1.807) is 16.8 Å². The van der Waals surface area contributed by atoms with Crippen LogP contribution in [0.25, 0.3) is 5.69 Å². The van der Waals surface area contributed by atoms with E-state index in [9.17, 15) is 0 Å². The molecule has 2 aromatic rings. The summed E-state index contributed by atoms with van der Waals surface area (Å²) in [7, 11) is 0. The summed E-state index contributed by atoms with van der Waals surface area (Å²) >= 11 is 0. The van der Waals surface area contributed by atoms with Gasteiger partial charge >= 0.3 is 0 Å². The molecular formula is C12H12N4. The van der Waals surface area contributed by atoms with Crippen molar-refractivity contribution in [1.29, 1.82) is 5.26 Å². The van der Waals surface area contributed by atoms with Crippen molar-refractivity contribution >= 4 is 5.69 Å². The van der Waals surface area contributed by atoms with E-state index in [2.05, 4.69) is 11.2 Å². The number of aromatic nitrogens is 2. The zero-order valence-electron chi connectivity index (χ0n) is 9.23. The lowest BCUT2D eigenvalue weighted by Crippen LogP contribution is -2.04. The molecule has 2 rings (SSSR count). The summed E-state index contributed by atoms with van der Waals surface area (Å²) in [6, 6.07) is 9.40. The van der Waals surface area contributed by atoms with Gasteiger partial charge in [-0.3, -0.25) is 0 Å². The summed E-state index contributed by atoms with van der Waals surface area (Å²) in [6.07, 6.45) is 0. The van der Waals surface area contributed by atoms with Crippen molar-refractivity contribution in [1.82, 2.24) is 9.78 Å². The molecule has 0 radical (unpaired) electrons. The predicted molar refractivity (Wildman–Crippen MR) is 62.2 cm³/mol. The van der Waals surface area contributed by atoms with Crippen LogP contribution >= 0.6 is 0 Å². The molecule has 1 heterocycles.